The first-order valence-electron chi connectivity index (χ1n) is 18.5. The Labute approximate surface area is 254 Å². The third-order valence-corrected chi connectivity index (χ3v) is 19.1. The number of hydrogen-bond acceptors (Lipinski definition) is 0. The van der Waals surface area contributed by atoms with E-state index in [0.717, 1.165) is 34.8 Å². The van der Waals surface area contributed by atoms with Gasteiger partial charge in [0.25, 0.3) is 0 Å². The molecule has 3 saturated carbocycles. The zero-order chi connectivity index (χ0) is 27.7. The minimum Gasteiger partial charge on any atom is -0.0626 e. The maximum atomic E-state index is 2.65. The molecule has 0 N–H and O–H groups in total. The molecular formula is C40H60Si. The topological polar surface area (TPSA) is 0 Å². The highest BCUT2D eigenvalue weighted by Crippen LogP contribution is 2.60. The highest BCUT2D eigenvalue weighted by molar-refractivity contribution is 7.04. The van der Waals surface area contributed by atoms with Crippen LogP contribution in [0.25, 0.3) is 0 Å². The van der Waals surface area contributed by atoms with Crippen LogP contribution in [0.2, 0.25) is 11.1 Å². The Morgan fingerprint density at radius 2 is 0.610 bits per heavy atom. The summed E-state index contributed by atoms with van der Waals surface area (Å²) in [7, 11) is -2.10. The predicted molar refractivity (Wildman–Crippen MR) is 181 cm³/mol. The molecule has 4 aliphatic rings. The largest absolute Gasteiger partial charge is 0.124 e. The highest BCUT2D eigenvalue weighted by atomic mass is 28.3. The van der Waals surface area contributed by atoms with E-state index >= 15 is 0 Å². The van der Waals surface area contributed by atoms with Crippen molar-refractivity contribution in [2.45, 2.75) is 152 Å². The normalized spacial score (nSPS) is 33.9. The molecule has 1 heterocycles. The first-order valence-corrected chi connectivity index (χ1v) is 20.7. The van der Waals surface area contributed by atoms with Gasteiger partial charge in [-0.1, -0.05) is 199 Å². The molecule has 1 heteroatoms. The molecule has 0 amide bonds. The summed E-state index contributed by atoms with van der Waals surface area (Å²) in [5, 5.41) is 3.63. The Bertz CT molecular complexity index is 974. The Balaban J connectivity index is 1.60. The molecule has 6 rings (SSSR count). The van der Waals surface area contributed by atoms with Crippen LogP contribution in [0.4, 0.5) is 0 Å². The van der Waals surface area contributed by atoms with Crippen LogP contribution in [0, 0.1) is 23.7 Å². The third kappa shape index (κ3) is 6.46. The van der Waals surface area contributed by atoms with Crippen LogP contribution < -0.4 is 10.4 Å². The van der Waals surface area contributed by atoms with E-state index in [1.165, 1.54) is 128 Å². The van der Waals surface area contributed by atoms with E-state index in [0.29, 0.717) is 0 Å². The average Bonchev–Trinajstić information content (AvgIpc) is 3.02. The van der Waals surface area contributed by atoms with E-state index in [-0.39, 0.29) is 0 Å². The van der Waals surface area contributed by atoms with Gasteiger partial charge in [0.15, 0.2) is 0 Å². The maximum Gasteiger partial charge on any atom is 0.124 e. The minimum atomic E-state index is -2.10. The molecule has 2 aromatic carbocycles. The summed E-state index contributed by atoms with van der Waals surface area (Å²) in [6, 6.07) is 24.9. The van der Waals surface area contributed by atoms with Gasteiger partial charge in [0.05, 0.1) is 0 Å². The van der Waals surface area contributed by atoms with E-state index in [1.807, 2.05) is 10.4 Å². The van der Waals surface area contributed by atoms with E-state index in [2.05, 4.69) is 60.7 Å². The van der Waals surface area contributed by atoms with Crippen LogP contribution in [-0.4, -0.2) is 8.07 Å². The number of hydrogen-bond donors (Lipinski definition) is 0. The first-order chi connectivity index (χ1) is 20.4. The second-order valence-corrected chi connectivity index (χ2v) is 19.2. The molecule has 2 aromatic rings. The number of rotatable bonds is 2. The Kier molecular flexibility index (Phi) is 10.8. The quantitative estimate of drug-likeness (QED) is 0.316. The van der Waals surface area contributed by atoms with Gasteiger partial charge in [-0.25, -0.2) is 0 Å². The molecule has 6 atom stereocenters. The van der Waals surface area contributed by atoms with Crippen LogP contribution in [0.5, 0.6) is 0 Å². The fraction of sp³-hybridized carbons (Fsp3) is 0.700. The Morgan fingerprint density at radius 3 is 0.976 bits per heavy atom. The van der Waals surface area contributed by atoms with Gasteiger partial charge in [-0.15, -0.1) is 0 Å². The lowest BCUT2D eigenvalue weighted by molar-refractivity contribution is 0.116. The van der Waals surface area contributed by atoms with E-state index < -0.39 is 8.07 Å². The lowest BCUT2D eigenvalue weighted by atomic mass is 9.66. The van der Waals surface area contributed by atoms with Crippen molar-refractivity contribution in [1.29, 1.82) is 0 Å². The van der Waals surface area contributed by atoms with Crippen molar-refractivity contribution in [2.24, 2.45) is 23.7 Å². The highest BCUT2D eigenvalue weighted by Gasteiger charge is 2.59. The molecule has 1 saturated heterocycles. The third-order valence-electron chi connectivity index (χ3n) is 12.8. The molecule has 0 bridgehead atoms. The minimum absolute atomic E-state index is 0.914. The summed E-state index contributed by atoms with van der Waals surface area (Å²) in [6.07, 6.45) is 33.0. The molecule has 224 valence electrons. The van der Waals surface area contributed by atoms with Gasteiger partial charge in [0, 0.05) is 0 Å². The van der Waals surface area contributed by atoms with Gasteiger partial charge < -0.3 is 0 Å². The lowest BCUT2D eigenvalue weighted by Crippen LogP contribution is -2.66. The monoisotopic (exact) mass is 568 g/mol. The predicted octanol–water partition coefficient (Wildman–Crippen LogP) is 11.1. The van der Waals surface area contributed by atoms with Crippen LogP contribution >= 0.6 is 0 Å². The van der Waals surface area contributed by atoms with Crippen molar-refractivity contribution in [3.8, 4) is 0 Å². The van der Waals surface area contributed by atoms with Gasteiger partial charge in [0.1, 0.15) is 8.07 Å². The molecule has 1 aliphatic heterocycles. The van der Waals surface area contributed by atoms with Crippen molar-refractivity contribution in [1.82, 2.24) is 0 Å². The molecule has 4 fully saturated rings. The van der Waals surface area contributed by atoms with Crippen molar-refractivity contribution in [3.63, 3.8) is 0 Å². The summed E-state index contributed by atoms with van der Waals surface area (Å²) in [4.78, 5) is 0. The second-order valence-electron chi connectivity index (χ2n) is 14.9. The summed E-state index contributed by atoms with van der Waals surface area (Å²) in [5.74, 6) is 3.85. The fourth-order valence-corrected chi connectivity index (χ4v) is 18.8. The smallest absolute Gasteiger partial charge is 0.0626 e. The van der Waals surface area contributed by atoms with Gasteiger partial charge in [-0.3, -0.25) is 0 Å². The molecular weight excluding hydrogens is 509 g/mol. The summed E-state index contributed by atoms with van der Waals surface area (Å²) in [5.41, 5.74) is 1.83. The average molecular weight is 569 g/mol. The molecule has 0 aromatic heterocycles. The van der Waals surface area contributed by atoms with E-state index in [9.17, 15) is 0 Å². The zero-order valence-corrected chi connectivity index (χ0v) is 27.3. The molecule has 3 aliphatic carbocycles. The van der Waals surface area contributed by atoms with Crippen molar-refractivity contribution in [2.75, 3.05) is 0 Å². The number of fused-ring (bicyclic) bond motifs is 5. The molecule has 0 spiro atoms. The van der Waals surface area contributed by atoms with Crippen molar-refractivity contribution >= 4 is 18.4 Å². The van der Waals surface area contributed by atoms with Crippen LogP contribution in [-0.2, 0) is 0 Å². The van der Waals surface area contributed by atoms with Gasteiger partial charge in [-0.05, 0) is 47.6 Å². The molecule has 41 heavy (non-hydrogen) atoms. The molecule has 0 nitrogen and oxygen atoms in total. The van der Waals surface area contributed by atoms with Crippen LogP contribution in [0.15, 0.2) is 60.7 Å². The Hall–Kier alpha value is -1.34. The van der Waals surface area contributed by atoms with Crippen LogP contribution in [0.1, 0.15) is 141 Å². The maximum absolute atomic E-state index is 2.65. The zero-order valence-electron chi connectivity index (χ0n) is 26.3. The number of benzene rings is 2. The summed E-state index contributed by atoms with van der Waals surface area (Å²) < 4.78 is 0. The Morgan fingerprint density at radius 1 is 0.317 bits per heavy atom. The summed E-state index contributed by atoms with van der Waals surface area (Å²) >= 11 is 0. The van der Waals surface area contributed by atoms with Crippen molar-refractivity contribution < 1.29 is 0 Å². The van der Waals surface area contributed by atoms with Gasteiger partial charge in [0.2, 0.25) is 0 Å². The summed E-state index contributed by atoms with van der Waals surface area (Å²) in [6.45, 7) is 0. The van der Waals surface area contributed by atoms with E-state index in [1.54, 1.807) is 12.8 Å². The first kappa shape index (κ1) is 29.7. The standard InChI is InChI=1S/C40H60Si/c1-2-5-17-27-35-36(28-18-6-3-1)38-30-20-9-10-22-32-40(38)41(33-23-13-11-14-24-33,34-25-15-12-16-26-34)39-31-21-8-4-7-19-29-37(35)39/h11-16,23-26,35-40H,1-10,17-22,27-32H2. The van der Waals surface area contributed by atoms with Crippen molar-refractivity contribution in [3.05, 3.63) is 60.7 Å². The molecule has 0 radical (unpaired) electrons. The SMILES string of the molecule is c1ccc([Si]2(c3ccccc3)C3CCCCCCCC3C3CCCCCCCCCC3C3CCCCCCC32)cc1. The molecule has 6 unspecified atom stereocenters. The van der Waals surface area contributed by atoms with Crippen LogP contribution in [0.3, 0.4) is 0 Å². The fourth-order valence-electron chi connectivity index (χ4n) is 11.2. The van der Waals surface area contributed by atoms with E-state index in [4.69, 9.17) is 0 Å². The van der Waals surface area contributed by atoms with Gasteiger partial charge in [-0.2, -0.15) is 0 Å². The second kappa shape index (κ2) is 14.9. The van der Waals surface area contributed by atoms with Gasteiger partial charge >= 0.3 is 0 Å². The lowest BCUT2D eigenvalue weighted by Gasteiger charge is -2.50.